The Morgan fingerprint density at radius 3 is 2.41 bits per heavy atom. The van der Waals surface area contributed by atoms with Gasteiger partial charge in [0, 0.05) is 0 Å². The number of hydrogen-bond donors (Lipinski definition) is 0. The van der Waals surface area contributed by atoms with Crippen LogP contribution in [0.4, 0.5) is 4.79 Å². The van der Waals surface area contributed by atoms with Gasteiger partial charge in [-0.25, -0.2) is 4.79 Å². The molecule has 1 aliphatic heterocycles. The van der Waals surface area contributed by atoms with Crippen molar-refractivity contribution in [3.8, 4) is 0 Å². The van der Waals surface area contributed by atoms with Crippen LogP contribution in [0.2, 0.25) is 0 Å². The third kappa shape index (κ3) is 2.75. The number of hydrogen-bond acceptors (Lipinski definition) is 2. The molecule has 1 aliphatic rings. The Labute approximate surface area is 130 Å². The minimum Gasteiger partial charge on any atom is -0.447 e. The van der Waals surface area contributed by atoms with Gasteiger partial charge < -0.3 is 4.74 Å². The van der Waals surface area contributed by atoms with E-state index in [1.54, 1.807) is 0 Å². The largest absolute Gasteiger partial charge is 0.447 e. The molecule has 3 heteroatoms. The Balaban J connectivity index is 1.97. The molecule has 2 aromatic carbocycles. The summed E-state index contributed by atoms with van der Waals surface area (Å²) in [4.78, 5) is 14.2. The molecule has 0 saturated carbocycles. The van der Waals surface area contributed by atoms with Crippen molar-refractivity contribution < 1.29 is 9.53 Å². The van der Waals surface area contributed by atoms with Gasteiger partial charge in [-0.05, 0) is 17.5 Å². The number of carbonyl (C=O) groups is 1. The van der Waals surface area contributed by atoms with E-state index in [-0.39, 0.29) is 18.2 Å². The Kier molecular flexibility index (Phi) is 4.24. The Morgan fingerprint density at radius 2 is 1.77 bits per heavy atom. The molecule has 0 bridgehead atoms. The van der Waals surface area contributed by atoms with E-state index in [4.69, 9.17) is 4.74 Å². The van der Waals surface area contributed by atoms with E-state index in [1.165, 1.54) is 0 Å². The predicted molar refractivity (Wildman–Crippen MR) is 86.4 cm³/mol. The normalized spacial score (nSPS) is 18.8. The molecular formula is C19H19NO2. The molecular weight excluding hydrogens is 274 g/mol. The van der Waals surface area contributed by atoms with Crippen LogP contribution >= 0.6 is 0 Å². The average molecular weight is 293 g/mol. The van der Waals surface area contributed by atoms with Crippen LogP contribution in [0.25, 0.3) is 0 Å². The Morgan fingerprint density at radius 1 is 1.14 bits per heavy atom. The maximum atomic E-state index is 12.3. The van der Waals surface area contributed by atoms with Gasteiger partial charge >= 0.3 is 6.09 Å². The van der Waals surface area contributed by atoms with Crippen molar-refractivity contribution in [2.75, 3.05) is 6.61 Å². The van der Waals surface area contributed by atoms with Gasteiger partial charge in [-0.15, -0.1) is 6.58 Å². The first-order valence-electron chi connectivity index (χ1n) is 7.47. The van der Waals surface area contributed by atoms with Crippen LogP contribution < -0.4 is 0 Å². The molecule has 0 spiro atoms. The van der Waals surface area contributed by atoms with Gasteiger partial charge in [0.1, 0.15) is 6.61 Å². The number of cyclic esters (lactones) is 1. The highest BCUT2D eigenvalue weighted by Gasteiger charge is 2.39. The zero-order chi connectivity index (χ0) is 15.4. The summed E-state index contributed by atoms with van der Waals surface area (Å²) in [6.07, 6.45) is 2.29. The molecule has 1 saturated heterocycles. The van der Waals surface area contributed by atoms with Crippen LogP contribution in [-0.2, 0) is 4.74 Å². The van der Waals surface area contributed by atoms with Crippen molar-refractivity contribution in [3.63, 3.8) is 0 Å². The Hall–Kier alpha value is -2.55. The first-order valence-corrected chi connectivity index (χ1v) is 7.47. The van der Waals surface area contributed by atoms with Gasteiger partial charge in [0.05, 0.1) is 12.1 Å². The van der Waals surface area contributed by atoms with Crippen LogP contribution in [0.5, 0.6) is 0 Å². The number of rotatable bonds is 5. The lowest BCUT2D eigenvalue weighted by molar-refractivity contribution is 0.144. The summed E-state index contributed by atoms with van der Waals surface area (Å²) in [6.45, 7) is 4.23. The van der Waals surface area contributed by atoms with Gasteiger partial charge in [-0.2, -0.15) is 0 Å². The minimum absolute atomic E-state index is 0.0566. The molecule has 2 aromatic rings. The third-order valence-electron chi connectivity index (χ3n) is 4.01. The quantitative estimate of drug-likeness (QED) is 0.760. The molecule has 0 radical (unpaired) electrons. The fourth-order valence-electron chi connectivity index (χ4n) is 2.95. The van der Waals surface area contributed by atoms with Crippen molar-refractivity contribution >= 4 is 6.09 Å². The maximum absolute atomic E-state index is 12.3. The highest BCUT2D eigenvalue weighted by atomic mass is 16.6. The molecule has 3 nitrogen and oxygen atoms in total. The van der Waals surface area contributed by atoms with Gasteiger partial charge in [0.2, 0.25) is 0 Å². The van der Waals surface area contributed by atoms with E-state index < -0.39 is 0 Å². The summed E-state index contributed by atoms with van der Waals surface area (Å²) >= 11 is 0. The minimum atomic E-state index is -0.260. The van der Waals surface area contributed by atoms with E-state index in [0.29, 0.717) is 13.0 Å². The predicted octanol–water partition coefficient (Wildman–Crippen LogP) is 4.50. The summed E-state index contributed by atoms with van der Waals surface area (Å²) < 4.78 is 5.33. The van der Waals surface area contributed by atoms with Crippen LogP contribution in [0.3, 0.4) is 0 Å². The number of benzene rings is 2. The van der Waals surface area contributed by atoms with E-state index >= 15 is 0 Å². The number of nitrogens with zero attached hydrogens (tertiary/aromatic N) is 1. The molecule has 1 heterocycles. The maximum Gasteiger partial charge on any atom is 0.411 e. The monoisotopic (exact) mass is 293 g/mol. The van der Waals surface area contributed by atoms with Crippen molar-refractivity contribution in [3.05, 3.63) is 84.4 Å². The van der Waals surface area contributed by atoms with Crippen molar-refractivity contribution in [1.29, 1.82) is 0 Å². The van der Waals surface area contributed by atoms with Gasteiger partial charge in [-0.3, -0.25) is 4.90 Å². The molecule has 22 heavy (non-hydrogen) atoms. The first kappa shape index (κ1) is 14.4. The molecule has 0 aromatic heterocycles. The SMILES string of the molecule is C=CC[C@H](c1ccccc1)N1C(=O)OC[C@H]1c1ccccc1. The summed E-state index contributed by atoms with van der Waals surface area (Å²) in [5.74, 6) is 0. The summed E-state index contributed by atoms with van der Waals surface area (Å²) in [7, 11) is 0. The van der Waals surface area contributed by atoms with Crippen LogP contribution in [0, 0.1) is 0 Å². The average Bonchev–Trinajstić information content (AvgIpc) is 2.96. The molecule has 0 N–H and O–H groups in total. The van der Waals surface area contributed by atoms with Gasteiger partial charge in [-0.1, -0.05) is 66.7 Å². The van der Waals surface area contributed by atoms with E-state index in [0.717, 1.165) is 11.1 Å². The van der Waals surface area contributed by atoms with E-state index in [9.17, 15) is 4.79 Å². The fourth-order valence-corrected chi connectivity index (χ4v) is 2.95. The van der Waals surface area contributed by atoms with Crippen LogP contribution in [-0.4, -0.2) is 17.6 Å². The topological polar surface area (TPSA) is 29.5 Å². The molecule has 1 amide bonds. The lowest BCUT2D eigenvalue weighted by atomic mass is 9.98. The summed E-state index contributed by atoms with van der Waals surface area (Å²) in [5.41, 5.74) is 2.19. The smallest absolute Gasteiger partial charge is 0.411 e. The molecule has 112 valence electrons. The second-order valence-electron chi connectivity index (χ2n) is 5.36. The van der Waals surface area contributed by atoms with Crippen LogP contribution in [0.1, 0.15) is 29.6 Å². The number of carbonyl (C=O) groups excluding carboxylic acids is 1. The standard InChI is InChI=1S/C19H19NO2/c1-2-9-17(15-10-5-3-6-11-15)20-18(14-22-19(20)21)16-12-7-4-8-13-16/h2-8,10-13,17-18H,1,9,14H2/t17-,18+/m1/s1. The van der Waals surface area contributed by atoms with Crippen molar-refractivity contribution in [1.82, 2.24) is 4.90 Å². The van der Waals surface area contributed by atoms with Crippen molar-refractivity contribution in [2.24, 2.45) is 0 Å². The van der Waals surface area contributed by atoms with Gasteiger partial charge in [0.15, 0.2) is 0 Å². The second-order valence-corrected chi connectivity index (χ2v) is 5.36. The van der Waals surface area contributed by atoms with Crippen LogP contribution in [0.15, 0.2) is 73.3 Å². The lowest BCUT2D eigenvalue weighted by Crippen LogP contribution is -2.32. The van der Waals surface area contributed by atoms with Crippen molar-refractivity contribution in [2.45, 2.75) is 18.5 Å². The molecule has 1 fully saturated rings. The lowest BCUT2D eigenvalue weighted by Gasteiger charge is -2.30. The summed E-state index contributed by atoms with van der Waals surface area (Å²) in [5, 5.41) is 0. The summed E-state index contributed by atoms with van der Waals surface area (Å²) in [6, 6.07) is 20.0. The zero-order valence-electron chi connectivity index (χ0n) is 12.4. The van der Waals surface area contributed by atoms with E-state index in [2.05, 4.69) is 6.58 Å². The molecule has 0 unspecified atom stereocenters. The van der Waals surface area contributed by atoms with E-state index in [1.807, 2.05) is 71.6 Å². The second kappa shape index (κ2) is 6.48. The Bertz CT molecular complexity index is 639. The number of amides is 1. The molecule has 3 rings (SSSR count). The molecule has 2 atom stereocenters. The molecule has 0 aliphatic carbocycles. The first-order chi connectivity index (χ1) is 10.8. The zero-order valence-corrected chi connectivity index (χ0v) is 12.4. The van der Waals surface area contributed by atoms with Gasteiger partial charge in [0.25, 0.3) is 0 Å². The number of ether oxygens (including phenoxy) is 1. The fraction of sp³-hybridized carbons (Fsp3) is 0.211. The third-order valence-corrected chi connectivity index (χ3v) is 4.01. The highest BCUT2D eigenvalue weighted by Crippen LogP contribution is 2.37. The highest BCUT2D eigenvalue weighted by molar-refractivity contribution is 5.71.